The summed E-state index contributed by atoms with van der Waals surface area (Å²) in [5.74, 6) is 0. The topological polar surface area (TPSA) is 12.0 Å². The molecule has 1 aliphatic rings. The molecular weight excluding hydrogens is 203 g/mol. The molecule has 1 nitrogen and oxygen atoms in total. The van der Waals surface area contributed by atoms with Crippen LogP contribution in [0.2, 0.25) is 0 Å². The zero-order chi connectivity index (χ0) is 11.1. The summed E-state index contributed by atoms with van der Waals surface area (Å²) >= 11 is 0. The Hall–Kier alpha value is -1.03. The van der Waals surface area contributed by atoms with Crippen LogP contribution in [-0.4, -0.2) is 6.54 Å². The fourth-order valence-electron chi connectivity index (χ4n) is 1.80. The number of hydrogen-bond acceptors (Lipinski definition) is 1. The Morgan fingerprint density at radius 3 is 2.40 bits per heavy atom. The van der Waals surface area contributed by atoms with E-state index in [1.807, 2.05) is 0 Å². The van der Waals surface area contributed by atoms with Crippen molar-refractivity contribution in [3.63, 3.8) is 0 Å². The van der Waals surface area contributed by atoms with Crippen molar-refractivity contribution in [1.29, 1.82) is 0 Å². The SMILES string of the molecule is Cc1cc(C(F)(F)F)ccc1C1CCN1. The van der Waals surface area contributed by atoms with Crippen LogP contribution in [0, 0.1) is 6.92 Å². The van der Waals surface area contributed by atoms with E-state index >= 15 is 0 Å². The maximum absolute atomic E-state index is 12.4. The van der Waals surface area contributed by atoms with E-state index in [0.717, 1.165) is 24.6 Å². The van der Waals surface area contributed by atoms with Gasteiger partial charge in [0.25, 0.3) is 0 Å². The molecule has 1 unspecified atom stereocenters. The molecule has 1 atom stereocenters. The van der Waals surface area contributed by atoms with Gasteiger partial charge in [0, 0.05) is 6.04 Å². The van der Waals surface area contributed by atoms with Gasteiger partial charge in [0.15, 0.2) is 0 Å². The molecule has 1 saturated heterocycles. The van der Waals surface area contributed by atoms with Crippen molar-refractivity contribution in [2.45, 2.75) is 25.6 Å². The van der Waals surface area contributed by atoms with Gasteiger partial charge in [-0.1, -0.05) is 6.07 Å². The van der Waals surface area contributed by atoms with Crippen LogP contribution in [0.3, 0.4) is 0 Å². The molecule has 1 aromatic carbocycles. The smallest absolute Gasteiger partial charge is 0.310 e. The molecule has 0 radical (unpaired) electrons. The quantitative estimate of drug-likeness (QED) is 0.759. The van der Waals surface area contributed by atoms with Crippen molar-refractivity contribution in [1.82, 2.24) is 5.32 Å². The number of alkyl halides is 3. The molecule has 1 aliphatic heterocycles. The molecule has 0 aromatic heterocycles. The number of benzene rings is 1. The van der Waals surface area contributed by atoms with Crippen molar-refractivity contribution in [2.75, 3.05) is 6.54 Å². The van der Waals surface area contributed by atoms with Crippen molar-refractivity contribution in [3.8, 4) is 0 Å². The first-order valence-corrected chi connectivity index (χ1v) is 4.89. The molecule has 1 fully saturated rings. The number of halogens is 3. The summed E-state index contributed by atoms with van der Waals surface area (Å²) in [5, 5.41) is 3.18. The molecule has 0 amide bonds. The maximum Gasteiger partial charge on any atom is 0.416 e. The van der Waals surface area contributed by atoms with Gasteiger partial charge < -0.3 is 5.32 Å². The zero-order valence-electron chi connectivity index (χ0n) is 8.36. The molecule has 2 rings (SSSR count). The largest absolute Gasteiger partial charge is 0.416 e. The van der Waals surface area contributed by atoms with Gasteiger partial charge in [0.2, 0.25) is 0 Å². The first-order valence-electron chi connectivity index (χ1n) is 4.89. The first kappa shape index (κ1) is 10.5. The van der Waals surface area contributed by atoms with Crippen LogP contribution < -0.4 is 5.32 Å². The van der Waals surface area contributed by atoms with Crippen LogP contribution >= 0.6 is 0 Å². The Labute approximate surface area is 86.3 Å². The maximum atomic E-state index is 12.4. The normalized spacial score (nSPS) is 21.2. The summed E-state index contributed by atoms with van der Waals surface area (Å²) in [6, 6.07) is 4.19. The Morgan fingerprint density at radius 2 is 2.00 bits per heavy atom. The van der Waals surface area contributed by atoms with Gasteiger partial charge in [-0.2, -0.15) is 13.2 Å². The fraction of sp³-hybridized carbons (Fsp3) is 0.455. The lowest BCUT2D eigenvalue weighted by Crippen LogP contribution is -2.35. The number of rotatable bonds is 1. The van der Waals surface area contributed by atoms with Crippen molar-refractivity contribution in [3.05, 3.63) is 34.9 Å². The molecule has 1 N–H and O–H groups in total. The predicted molar refractivity (Wildman–Crippen MR) is 51.5 cm³/mol. The lowest BCUT2D eigenvalue weighted by Gasteiger charge is -2.29. The van der Waals surface area contributed by atoms with Gasteiger partial charge in [-0.15, -0.1) is 0 Å². The minimum absolute atomic E-state index is 0.243. The average molecular weight is 215 g/mol. The minimum Gasteiger partial charge on any atom is -0.310 e. The second-order valence-electron chi connectivity index (χ2n) is 3.86. The standard InChI is InChI=1S/C11H12F3N/c1-7-6-8(11(12,13)14)2-3-9(7)10-4-5-15-10/h2-3,6,10,15H,4-5H2,1H3. The summed E-state index contributed by atoms with van der Waals surface area (Å²) in [7, 11) is 0. The molecule has 15 heavy (non-hydrogen) atoms. The van der Waals surface area contributed by atoms with E-state index in [-0.39, 0.29) is 6.04 Å². The van der Waals surface area contributed by atoms with Gasteiger partial charge >= 0.3 is 6.18 Å². The van der Waals surface area contributed by atoms with E-state index in [1.54, 1.807) is 13.0 Å². The monoisotopic (exact) mass is 215 g/mol. The van der Waals surface area contributed by atoms with Crippen LogP contribution in [0.5, 0.6) is 0 Å². The Kier molecular flexibility index (Phi) is 2.46. The molecule has 4 heteroatoms. The Bertz CT molecular complexity index is 367. The van der Waals surface area contributed by atoms with Crippen LogP contribution in [0.1, 0.15) is 29.2 Å². The van der Waals surface area contributed by atoms with Crippen molar-refractivity contribution >= 4 is 0 Å². The van der Waals surface area contributed by atoms with E-state index < -0.39 is 11.7 Å². The highest BCUT2D eigenvalue weighted by molar-refractivity contribution is 5.35. The summed E-state index contributed by atoms with van der Waals surface area (Å²) in [6.07, 6.45) is -3.23. The molecule has 0 saturated carbocycles. The van der Waals surface area contributed by atoms with Crippen LogP contribution in [0.4, 0.5) is 13.2 Å². The van der Waals surface area contributed by atoms with E-state index in [2.05, 4.69) is 5.32 Å². The van der Waals surface area contributed by atoms with E-state index in [1.165, 1.54) is 6.07 Å². The van der Waals surface area contributed by atoms with Crippen LogP contribution in [0.15, 0.2) is 18.2 Å². The minimum atomic E-state index is -4.24. The van der Waals surface area contributed by atoms with Gasteiger partial charge in [-0.25, -0.2) is 0 Å². The molecule has 82 valence electrons. The molecule has 0 bridgehead atoms. The highest BCUT2D eigenvalue weighted by Gasteiger charge is 2.31. The summed E-state index contributed by atoms with van der Waals surface area (Å²) < 4.78 is 37.1. The van der Waals surface area contributed by atoms with Crippen molar-refractivity contribution < 1.29 is 13.2 Å². The Morgan fingerprint density at radius 1 is 1.33 bits per heavy atom. The molecular formula is C11H12F3N. The highest BCUT2D eigenvalue weighted by atomic mass is 19.4. The molecule has 0 spiro atoms. The average Bonchev–Trinajstić information content (AvgIpc) is 2.03. The second kappa shape index (κ2) is 3.52. The first-order chi connectivity index (χ1) is 6.98. The second-order valence-corrected chi connectivity index (χ2v) is 3.86. The van der Waals surface area contributed by atoms with Gasteiger partial charge in [0.05, 0.1) is 5.56 Å². The van der Waals surface area contributed by atoms with E-state index in [4.69, 9.17) is 0 Å². The third kappa shape index (κ3) is 2.00. The van der Waals surface area contributed by atoms with Crippen LogP contribution in [-0.2, 0) is 6.18 Å². The number of aryl methyl sites for hydroxylation is 1. The van der Waals surface area contributed by atoms with E-state index in [0.29, 0.717) is 5.56 Å². The van der Waals surface area contributed by atoms with E-state index in [9.17, 15) is 13.2 Å². The third-order valence-corrected chi connectivity index (χ3v) is 2.80. The summed E-state index contributed by atoms with van der Waals surface area (Å²) in [4.78, 5) is 0. The molecule has 1 heterocycles. The zero-order valence-corrected chi connectivity index (χ0v) is 8.36. The van der Waals surface area contributed by atoms with Gasteiger partial charge in [-0.05, 0) is 43.1 Å². The van der Waals surface area contributed by atoms with Crippen LogP contribution in [0.25, 0.3) is 0 Å². The number of hydrogen-bond donors (Lipinski definition) is 1. The fourth-order valence-corrected chi connectivity index (χ4v) is 1.80. The predicted octanol–water partition coefficient (Wildman–Crippen LogP) is 3.05. The highest BCUT2D eigenvalue weighted by Crippen LogP contribution is 2.33. The summed E-state index contributed by atoms with van der Waals surface area (Å²) in [5.41, 5.74) is 1.12. The number of nitrogens with one attached hydrogen (secondary N) is 1. The third-order valence-electron chi connectivity index (χ3n) is 2.80. The lowest BCUT2D eigenvalue weighted by molar-refractivity contribution is -0.137. The Balaban J connectivity index is 2.30. The molecule has 1 aromatic rings. The van der Waals surface area contributed by atoms with Crippen molar-refractivity contribution in [2.24, 2.45) is 0 Å². The summed E-state index contributed by atoms with van der Waals surface area (Å²) in [6.45, 7) is 2.68. The lowest BCUT2D eigenvalue weighted by atomic mass is 9.93. The van der Waals surface area contributed by atoms with Gasteiger partial charge in [-0.3, -0.25) is 0 Å². The van der Waals surface area contributed by atoms with Gasteiger partial charge in [0.1, 0.15) is 0 Å². The molecule has 0 aliphatic carbocycles.